The first-order valence-corrected chi connectivity index (χ1v) is 8.02. The lowest BCUT2D eigenvalue weighted by atomic mass is 10.3. The summed E-state index contributed by atoms with van der Waals surface area (Å²) in [5, 5.41) is 1.74. The SMILES string of the molecule is COc1ccccc1OCC(=O)OCC(=O)Nc1ncc(C(F)(F)F)cc1Cl. The van der Waals surface area contributed by atoms with E-state index in [1.54, 1.807) is 24.3 Å². The van der Waals surface area contributed by atoms with Crippen LogP contribution in [0.5, 0.6) is 11.5 Å². The molecular weight excluding hydrogens is 405 g/mol. The summed E-state index contributed by atoms with van der Waals surface area (Å²) in [6.07, 6.45) is -4.09. The van der Waals surface area contributed by atoms with Crippen LogP contribution in [0, 0.1) is 0 Å². The van der Waals surface area contributed by atoms with Gasteiger partial charge >= 0.3 is 12.1 Å². The fourth-order valence-electron chi connectivity index (χ4n) is 1.92. The Bertz CT molecular complexity index is 861. The normalized spacial score (nSPS) is 10.9. The number of hydrogen-bond donors (Lipinski definition) is 1. The average molecular weight is 419 g/mol. The van der Waals surface area contributed by atoms with E-state index in [9.17, 15) is 22.8 Å². The van der Waals surface area contributed by atoms with Crippen LogP contribution in [0.2, 0.25) is 5.02 Å². The molecule has 0 atom stereocenters. The van der Waals surface area contributed by atoms with Gasteiger partial charge in [-0.3, -0.25) is 4.79 Å². The van der Waals surface area contributed by atoms with Crippen molar-refractivity contribution < 1.29 is 37.0 Å². The molecule has 0 saturated carbocycles. The molecule has 150 valence electrons. The van der Waals surface area contributed by atoms with E-state index in [4.69, 9.17) is 25.8 Å². The number of halogens is 4. The number of aromatic nitrogens is 1. The first-order valence-electron chi connectivity index (χ1n) is 7.64. The van der Waals surface area contributed by atoms with Crippen LogP contribution in [0.1, 0.15) is 5.56 Å². The van der Waals surface area contributed by atoms with Gasteiger partial charge in [-0.15, -0.1) is 0 Å². The molecular formula is C17H14ClF3N2O5. The molecule has 0 aliphatic carbocycles. The van der Waals surface area contributed by atoms with Crippen molar-refractivity contribution in [2.24, 2.45) is 0 Å². The molecule has 28 heavy (non-hydrogen) atoms. The summed E-state index contributed by atoms with van der Waals surface area (Å²) in [7, 11) is 1.44. The topological polar surface area (TPSA) is 86.8 Å². The van der Waals surface area contributed by atoms with Gasteiger partial charge in [0.1, 0.15) is 0 Å². The van der Waals surface area contributed by atoms with Crippen molar-refractivity contribution in [3.63, 3.8) is 0 Å². The van der Waals surface area contributed by atoms with Crippen molar-refractivity contribution in [2.45, 2.75) is 6.18 Å². The van der Waals surface area contributed by atoms with Gasteiger partial charge in [0, 0.05) is 6.20 Å². The molecule has 1 heterocycles. The molecule has 0 saturated heterocycles. The third-order valence-electron chi connectivity index (χ3n) is 3.21. The van der Waals surface area contributed by atoms with E-state index < -0.39 is 41.9 Å². The monoisotopic (exact) mass is 418 g/mol. The number of carbonyl (C=O) groups excluding carboxylic acids is 2. The molecule has 11 heteroatoms. The third kappa shape index (κ3) is 6.02. The predicted octanol–water partition coefficient (Wildman–Crippen LogP) is 3.32. The summed E-state index contributed by atoms with van der Waals surface area (Å²) in [6, 6.07) is 7.23. The molecule has 1 N–H and O–H groups in total. The molecule has 2 aromatic rings. The first-order chi connectivity index (χ1) is 13.2. The lowest BCUT2D eigenvalue weighted by Gasteiger charge is -2.11. The number of alkyl halides is 3. The molecule has 0 aliphatic heterocycles. The molecule has 0 fully saturated rings. The van der Waals surface area contributed by atoms with Crippen molar-refractivity contribution >= 4 is 29.3 Å². The third-order valence-corrected chi connectivity index (χ3v) is 3.49. The van der Waals surface area contributed by atoms with Gasteiger partial charge in [-0.1, -0.05) is 23.7 Å². The summed E-state index contributed by atoms with van der Waals surface area (Å²) in [4.78, 5) is 26.9. The Hall–Kier alpha value is -3.01. The number of para-hydroxylation sites is 2. The van der Waals surface area contributed by atoms with E-state index in [0.717, 1.165) is 0 Å². The van der Waals surface area contributed by atoms with Gasteiger partial charge in [-0.2, -0.15) is 13.2 Å². The molecule has 1 aromatic carbocycles. The van der Waals surface area contributed by atoms with E-state index >= 15 is 0 Å². The zero-order chi connectivity index (χ0) is 20.7. The van der Waals surface area contributed by atoms with E-state index in [-0.39, 0.29) is 5.82 Å². The number of amides is 1. The second-order valence-corrected chi connectivity index (χ2v) is 5.61. The van der Waals surface area contributed by atoms with Crippen LogP contribution in [-0.2, 0) is 20.5 Å². The van der Waals surface area contributed by atoms with Crippen LogP contribution in [0.3, 0.4) is 0 Å². The molecule has 7 nitrogen and oxygen atoms in total. The van der Waals surface area contributed by atoms with Gasteiger partial charge in [0.2, 0.25) is 0 Å². The van der Waals surface area contributed by atoms with Crippen molar-refractivity contribution in [3.05, 3.63) is 47.1 Å². The fourth-order valence-corrected chi connectivity index (χ4v) is 2.13. The maximum absolute atomic E-state index is 12.6. The quantitative estimate of drug-likeness (QED) is 0.694. The minimum absolute atomic E-state index is 0.291. The summed E-state index contributed by atoms with van der Waals surface area (Å²) in [5.74, 6) is -1.24. The average Bonchev–Trinajstić information content (AvgIpc) is 2.65. The Morgan fingerprint density at radius 1 is 1.18 bits per heavy atom. The Balaban J connectivity index is 1.83. The lowest BCUT2D eigenvalue weighted by molar-refractivity contribution is -0.149. The summed E-state index contributed by atoms with van der Waals surface area (Å²) in [5.41, 5.74) is -1.06. The van der Waals surface area contributed by atoms with Crippen LogP contribution < -0.4 is 14.8 Å². The number of benzene rings is 1. The van der Waals surface area contributed by atoms with E-state index in [1.165, 1.54) is 7.11 Å². The Morgan fingerprint density at radius 2 is 1.86 bits per heavy atom. The van der Waals surface area contributed by atoms with Gasteiger partial charge in [0.25, 0.3) is 5.91 Å². The maximum Gasteiger partial charge on any atom is 0.417 e. The minimum Gasteiger partial charge on any atom is -0.493 e. The maximum atomic E-state index is 12.6. The highest BCUT2D eigenvalue weighted by molar-refractivity contribution is 6.33. The van der Waals surface area contributed by atoms with E-state index in [1.807, 2.05) is 0 Å². The molecule has 1 amide bonds. The van der Waals surface area contributed by atoms with Crippen LogP contribution in [0.15, 0.2) is 36.5 Å². The highest BCUT2D eigenvalue weighted by atomic mass is 35.5. The Morgan fingerprint density at radius 3 is 2.46 bits per heavy atom. The Kier molecular flexibility index (Phi) is 7.05. The molecule has 1 aromatic heterocycles. The fraction of sp³-hybridized carbons (Fsp3) is 0.235. The smallest absolute Gasteiger partial charge is 0.417 e. The van der Waals surface area contributed by atoms with Gasteiger partial charge in [0.15, 0.2) is 30.5 Å². The number of hydrogen-bond acceptors (Lipinski definition) is 6. The van der Waals surface area contributed by atoms with Gasteiger partial charge < -0.3 is 19.5 Å². The molecule has 2 rings (SSSR count). The predicted molar refractivity (Wildman–Crippen MR) is 92.3 cm³/mol. The molecule has 0 aliphatic rings. The van der Waals surface area contributed by atoms with Gasteiger partial charge in [-0.25, -0.2) is 9.78 Å². The Labute approximate surface area is 162 Å². The van der Waals surface area contributed by atoms with Crippen molar-refractivity contribution in [2.75, 3.05) is 25.6 Å². The number of carbonyl (C=O) groups is 2. The van der Waals surface area contributed by atoms with Gasteiger partial charge in [0.05, 0.1) is 17.7 Å². The number of rotatable bonds is 7. The lowest BCUT2D eigenvalue weighted by Crippen LogP contribution is -2.24. The zero-order valence-electron chi connectivity index (χ0n) is 14.4. The zero-order valence-corrected chi connectivity index (χ0v) is 15.1. The van der Waals surface area contributed by atoms with E-state index in [2.05, 4.69) is 10.3 Å². The van der Waals surface area contributed by atoms with Crippen molar-refractivity contribution in [1.29, 1.82) is 0 Å². The van der Waals surface area contributed by atoms with Crippen LogP contribution >= 0.6 is 11.6 Å². The molecule has 0 spiro atoms. The first kappa shape index (κ1) is 21.3. The van der Waals surface area contributed by atoms with E-state index in [0.29, 0.717) is 23.8 Å². The highest BCUT2D eigenvalue weighted by Gasteiger charge is 2.31. The van der Waals surface area contributed by atoms with Crippen LogP contribution in [0.25, 0.3) is 0 Å². The van der Waals surface area contributed by atoms with Crippen LogP contribution in [-0.4, -0.2) is 37.2 Å². The van der Waals surface area contributed by atoms with Crippen molar-refractivity contribution in [1.82, 2.24) is 4.98 Å². The number of esters is 1. The summed E-state index contributed by atoms with van der Waals surface area (Å²) in [6.45, 7) is -1.18. The summed E-state index contributed by atoms with van der Waals surface area (Å²) < 4.78 is 52.7. The van der Waals surface area contributed by atoms with Gasteiger partial charge in [-0.05, 0) is 18.2 Å². The molecule has 0 bridgehead atoms. The second-order valence-electron chi connectivity index (χ2n) is 5.20. The molecule has 0 unspecified atom stereocenters. The standard InChI is InChI=1S/C17H14ClF3N2O5/c1-26-12-4-2-3-5-13(12)27-9-15(25)28-8-14(24)23-16-11(18)6-10(7-22-16)17(19,20)21/h2-7H,8-9H2,1H3,(H,22,23,24). The number of nitrogens with one attached hydrogen (secondary N) is 1. The van der Waals surface area contributed by atoms with Crippen LogP contribution in [0.4, 0.5) is 19.0 Å². The number of methoxy groups -OCH3 is 1. The largest absolute Gasteiger partial charge is 0.493 e. The number of anilines is 1. The summed E-state index contributed by atoms with van der Waals surface area (Å²) >= 11 is 5.67. The van der Waals surface area contributed by atoms with Crippen molar-refractivity contribution in [3.8, 4) is 11.5 Å². The number of ether oxygens (including phenoxy) is 3. The highest BCUT2D eigenvalue weighted by Crippen LogP contribution is 2.32. The molecule has 0 radical (unpaired) electrons. The minimum atomic E-state index is -4.61. The number of nitrogens with zero attached hydrogens (tertiary/aromatic N) is 1. The number of pyridine rings is 1. The second kappa shape index (κ2) is 9.27.